The fraction of sp³-hybridized carbons (Fsp3) is 0.143. The number of carbonyl (C=O) groups is 1. The Labute approximate surface area is 149 Å². The van der Waals surface area contributed by atoms with Crippen LogP contribution in [0.25, 0.3) is 11.3 Å². The minimum absolute atomic E-state index is 0.172. The summed E-state index contributed by atoms with van der Waals surface area (Å²) < 4.78 is 26.3. The largest absolute Gasteiger partial charge is 0.368 e. The maximum absolute atomic E-state index is 13.3. The van der Waals surface area contributed by atoms with Crippen LogP contribution in [0.1, 0.15) is 6.92 Å². The van der Waals surface area contributed by atoms with Gasteiger partial charge in [-0.25, -0.2) is 18.9 Å². The Hall–Kier alpha value is -2.53. The van der Waals surface area contributed by atoms with E-state index in [9.17, 15) is 13.6 Å². The van der Waals surface area contributed by atoms with Gasteiger partial charge in [-0.1, -0.05) is 11.8 Å². The third-order valence-corrected chi connectivity index (χ3v) is 4.80. The molecule has 0 saturated heterocycles. The minimum Gasteiger partial charge on any atom is -0.368 e. The summed E-state index contributed by atoms with van der Waals surface area (Å²) in [5, 5.41) is 10.9. The molecule has 1 atom stereocenters. The number of aromatic amines is 1. The molecule has 4 N–H and O–H groups in total. The molecule has 0 saturated carbocycles. The highest BCUT2D eigenvalue weighted by Gasteiger charge is 2.18. The van der Waals surface area contributed by atoms with Crippen molar-refractivity contribution in [1.29, 1.82) is 0 Å². The van der Waals surface area contributed by atoms with Crippen LogP contribution in [-0.4, -0.2) is 31.3 Å². The number of thiazole rings is 1. The Morgan fingerprint density at radius 2 is 2.16 bits per heavy atom. The van der Waals surface area contributed by atoms with Gasteiger partial charge in [0.1, 0.15) is 0 Å². The molecular formula is C14H12F2N6OS2. The van der Waals surface area contributed by atoms with Crippen LogP contribution >= 0.6 is 23.1 Å². The summed E-state index contributed by atoms with van der Waals surface area (Å²) in [7, 11) is 0. The number of nitrogen functional groups attached to an aromatic ring is 1. The first-order chi connectivity index (χ1) is 11.9. The molecule has 1 unspecified atom stereocenters. The highest BCUT2D eigenvalue weighted by molar-refractivity contribution is 8.00. The number of thioether (sulfide) groups is 1. The number of amides is 1. The van der Waals surface area contributed by atoms with Crippen LogP contribution in [0.2, 0.25) is 0 Å². The molecule has 0 aliphatic carbocycles. The number of aromatic nitrogens is 4. The molecule has 25 heavy (non-hydrogen) atoms. The van der Waals surface area contributed by atoms with Crippen LogP contribution in [0.3, 0.4) is 0 Å². The molecule has 0 bridgehead atoms. The van der Waals surface area contributed by atoms with Gasteiger partial charge < -0.3 is 11.1 Å². The summed E-state index contributed by atoms with van der Waals surface area (Å²) in [6, 6.07) is 3.51. The van der Waals surface area contributed by atoms with E-state index in [-0.39, 0.29) is 11.9 Å². The Balaban J connectivity index is 1.66. The van der Waals surface area contributed by atoms with Crippen LogP contribution in [-0.2, 0) is 4.79 Å². The maximum atomic E-state index is 13.3. The maximum Gasteiger partial charge on any atom is 0.239 e. The molecular weight excluding hydrogens is 370 g/mol. The number of rotatable bonds is 5. The second-order valence-corrected chi connectivity index (χ2v) is 7.09. The second-order valence-electron chi connectivity index (χ2n) is 4.92. The van der Waals surface area contributed by atoms with Gasteiger partial charge in [-0.2, -0.15) is 4.98 Å². The zero-order chi connectivity index (χ0) is 18.0. The van der Waals surface area contributed by atoms with Gasteiger partial charge in [-0.05, 0) is 25.1 Å². The number of benzene rings is 1. The summed E-state index contributed by atoms with van der Waals surface area (Å²) in [5.74, 6) is -2.00. The fourth-order valence-electron chi connectivity index (χ4n) is 1.85. The van der Waals surface area contributed by atoms with Gasteiger partial charge in [0, 0.05) is 10.9 Å². The number of anilines is 2. The van der Waals surface area contributed by atoms with E-state index in [0.29, 0.717) is 21.5 Å². The molecule has 7 nitrogen and oxygen atoms in total. The number of nitrogens with one attached hydrogen (secondary N) is 2. The molecule has 3 rings (SSSR count). The molecule has 0 aliphatic heterocycles. The van der Waals surface area contributed by atoms with Crippen molar-refractivity contribution in [3.63, 3.8) is 0 Å². The molecule has 130 valence electrons. The van der Waals surface area contributed by atoms with Crippen molar-refractivity contribution in [1.82, 2.24) is 20.2 Å². The lowest BCUT2D eigenvalue weighted by atomic mass is 10.2. The number of nitrogens with two attached hydrogens (primary N) is 1. The van der Waals surface area contributed by atoms with Crippen LogP contribution in [0.5, 0.6) is 0 Å². The van der Waals surface area contributed by atoms with Crippen molar-refractivity contribution in [2.45, 2.75) is 17.3 Å². The average molecular weight is 382 g/mol. The van der Waals surface area contributed by atoms with E-state index < -0.39 is 16.9 Å². The molecule has 0 spiro atoms. The van der Waals surface area contributed by atoms with Crippen molar-refractivity contribution in [2.24, 2.45) is 0 Å². The van der Waals surface area contributed by atoms with Crippen LogP contribution in [0, 0.1) is 11.6 Å². The number of hydrogen-bond acceptors (Lipinski definition) is 7. The van der Waals surface area contributed by atoms with E-state index in [2.05, 4.69) is 25.5 Å². The lowest BCUT2D eigenvalue weighted by Crippen LogP contribution is -2.22. The number of carbonyl (C=O) groups excluding carboxylic acids is 1. The SMILES string of the molecule is CC(Sc1n[nH]c(N)n1)C(=O)Nc1nc(-c2ccc(F)c(F)c2)cs1. The molecule has 2 heterocycles. The van der Waals surface area contributed by atoms with Crippen molar-refractivity contribution in [3.05, 3.63) is 35.2 Å². The molecule has 1 amide bonds. The van der Waals surface area contributed by atoms with E-state index in [4.69, 9.17) is 5.73 Å². The van der Waals surface area contributed by atoms with Crippen molar-refractivity contribution in [3.8, 4) is 11.3 Å². The lowest BCUT2D eigenvalue weighted by Gasteiger charge is -2.07. The first-order valence-corrected chi connectivity index (χ1v) is 8.74. The molecule has 0 aliphatic rings. The molecule has 0 fully saturated rings. The second kappa shape index (κ2) is 7.15. The van der Waals surface area contributed by atoms with E-state index in [1.165, 1.54) is 17.4 Å². The normalized spacial score (nSPS) is 12.1. The summed E-state index contributed by atoms with van der Waals surface area (Å²) >= 11 is 2.32. The highest BCUT2D eigenvalue weighted by Crippen LogP contribution is 2.27. The van der Waals surface area contributed by atoms with Crippen LogP contribution in [0.4, 0.5) is 19.9 Å². The van der Waals surface area contributed by atoms with E-state index >= 15 is 0 Å². The quantitative estimate of drug-likeness (QED) is 0.586. The average Bonchev–Trinajstić information content (AvgIpc) is 3.19. The monoisotopic (exact) mass is 382 g/mol. The van der Waals surface area contributed by atoms with E-state index in [1.54, 1.807) is 12.3 Å². The van der Waals surface area contributed by atoms with Gasteiger partial charge in [0.15, 0.2) is 16.8 Å². The van der Waals surface area contributed by atoms with Crippen molar-refractivity contribution < 1.29 is 13.6 Å². The number of H-pyrrole nitrogens is 1. The third kappa shape index (κ3) is 4.12. The Bertz CT molecular complexity index is 912. The molecule has 11 heteroatoms. The fourth-order valence-corrected chi connectivity index (χ4v) is 3.30. The number of hydrogen-bond donors (Lipinski definition) is 3. The predicted octanol–water partition coefficient (Wildman–Crippen LogP) is 2.91. The van der Waals surface area contributed by atoms with Gasteiger partial charge in [0.05, 0.1) is 10.9 Å². The summed E-state index contributed by atoms with van der Waals surface area (Å²) in [6.45, 7) is 1.69. The van der Waals surface area contributed by atoms with Crippen LogP contribution in [0.15, 0.2) is 28.7 Å². The number of nitrogens with zero attached hydrogens (tertiary/aromatic N) is 3. The Morgan fingerprint density at radius 1 is 1.36 bits per heavy atom. The lowest BCUT2D eigenvalue weighted by molar-refractivity contribution is -0.115. The topological polar surface area (TPSA) is 110 Å². The first kappa shape index (κ1) is 17.3. The molecule has 1 aromatic carbocycles. The third-order valence-electron chi connectivity index (χ3n) is 3.08. The minimum atomic E-state index is -0.952. The predicted molar refractivity (Wildman–Crippen MR) is 92.2 cm³/mol. The van der Waals surface area contributed by atoms with Gasteiger partial charge in [-0.15, -0.1) is 16.4 Å². The summed E-state index contributed by atoms with van der Waals surface area (Å²) in [4.78, 5) is 20.3. The van der Waals surface area contributed by atoms with E-state index in [1.807, 2.05) is 0 Å². The van der Waals surface area contributed by atoms with Gasteiger partial charge in [0.2, 0.25) is 17.0 Å². The number of halogens is 2. The highest BCUT2D eigenvalue weighted by atomic mass is 32.2. The first-order valence-electron chi connectivity index (χ1n) is 6.98. The molecule has 3 aromatic rings. The Kier molecular flexibility index (Phi) is 4.95. The summed E-state index contributed by atoms with van der Waals surface area (Å²) in [5.41, 5.74) is 6.30. The van der Waals surface area contributed by atoms with Gasteiger partial charge in [-0.3, -0.25) is 4.79 Å². The van der Waals surface area contributed by atoms with Gasteiger partial charge >= 0.3 is 0 Å². The zero-order valence-electron chi connectivity index (χ0n) is 12.8. The molecule has 0 radical (unpaired) electrons. The Morgan fingerprint density at radius 3 is 2.84 bits per heavy atom. The smallest absolute Gasteiger partial charge is 0.239 e. The van der Waals surface area contributed by atoms with Crippen molar-refractivity contribution >= 4 is 40.1 Å². The van der Waals surface area contributed by atoms with Crippen LogP contribution < -0.4 is 11.1 Å². The molecule has 2 aromatic heterocycles. The standard InChI is InChI=1S/C14H12F2N6OS2/c1-6(25-14-20-12(17)21-22-14)11(23)19-13-18-10(5-24-13)7-2-3-8(15)9(16)4-7/h2-6H,1H3,(H,18,19,23)(H3,17,20,21,22). The summed E-state index contributed by atoms with van der Waals surface area (Å²) in [6.07, 6.45) is 0. The van der Waals surface area contributed by atoms with E-state index in [0.717, 1.165) is 23.9 Å². The zero-order valence-corrected chi connectivity index (χ0v) is 14.4. The van der Waals surface area contributed by atoms with Crippen molar-refractivity contribution in [2.75, 3.05) is 11.1 Å². The van der Waals surface area contributed by atoms with Gasteiger partial charge in [0.25, 0.3) is 0 Å².